The Morgan fingerprint density at radius 2 is 1.93 bits per heavy atom. The van der Waals surface area contributed by atoms with Gasteiger partial charge in [0.15, 0.2) is 5.03 Å². The van der Waals surface area contributed by atoms with Gasteiger partial charge in [-0.15, -0.1) is 0 Å². The zero-order chi connectivity index (χ0) is 9.26. The van der Waals surface area contributed by atoms with Crippen molar-refractivity contribution in [3.05, 3.63) is 36.4 Å². The number of benzene rings is 1. The van der Waals surface area contributed by atoms with E-state index in [0.29, 0.717) is 0 Å². The van der Waals surface area contributed by atoms with Crippen molar-refractivity contribution in [2.45, 2.75) is 5.03 Å². The van der Waals surface area contributed by atoms with E-state index >= 15 is 0 Å². The molecule has 1 atom stereocenters. The Kier molecular flexibility index (Phi) is 3.84. The second-order valence-corrected chi connectivity index (χ2v) is 3.51. The quantitative estimate of drug-likeness (QED) is 0.472. The van der Waals surface area contributed by atoms with E-state index < -0.39 is 11.1 Å². The van der Waals surface area contributed by atoms with Crippen molar-refractivity contribution in [3.63, 3.8) is 0 Å². The predicted octanol–water partition coefficient (Wildman–Crippen LogP) is -1.07. The summed E-state index contributed by atoms with van der Waals surface area (Å²) in [6.45, 7) is 0. The van der Waals surface area contributed by atoms with E-state index in [0.717, 1.165) is 10.9 Å². The van der Waals surface area contributed by atoms with Crippen LogP contribution in [0.4, 0.5) is 0 Å². The van der Waals surface area contributed by atoms with E-state index in [1.807, 2.05) is 24.3 Å². The number of rotatable bonds is 1. The summed E-state index contributed by atoms with van der Waals surface area (Å²) in [6.07, 6.45) is 0. The molecule has 1 unspecified atom stereocenters. The number of aromatic nitrogens is 1. The molecule has 1 heterocycles. The molecule has 0 saturated heterocycles. The number of para-hydroxylation sites is 1. The van der Waals surface area contributed by atoms with Crippen LogP contribution in [0.2, 0.25) is 0 Å². The molecule has 3 nitrogen and oxygen atoms in total. The van der Waals surface area contributed by atoms with Crippen LogP contribution in [0.3, 0.4) is 0 Å². The van der Waals surface area contributed by atoms with Gasteiger partial charge in [-0.3, -0.25) is 0 Å². The van der Waals surface area contributed by atoms with E-state index in [1.165, 1.54) is 0 Å². The van der Waals surface area contributed by atoms with Crippen LogP contribution in [0.1, 0.15) is 1.43 Å². The zero-order valence-corrected chi connectivity index (χ0v) is 8.49. The minimum absolute atomic E-state index is 0. The van der Waals surface area contributed by atoms with E-state index in [4.69, 9.17) is 4.55 Å². The van der Waals surface area contributed by atoms with Crippen molar-refractivity contribution in [1.82, 2.24) is 4.98 Å². The first-order valence-electron chi connectivity index (χ1n) is 3.74. The monoisotopic (exact) mass is 201 g/mol. The van der Waals surface area contributed by atoms with E-state index in [1.54, 1.807) is 12.1 Å². The molecule has 0 spiro atoms. The first kappa shape index (κ1) is 11.4. The molecule has 0 fully saturated rings. The molecule has 1 aromatic heterocycles. The van der Waals surface area contributed by atoms with Crippen molar-refractivity contribution >= 4 is 22.0 Å². The van der Waals surface area contributed by atoms with Gasteiger partial charge >= 0.3 is 18.9 Å². The Bertz CT molecular complexity index is 480. The molecule has 2 aromatic rings. The summed E-state index contributed by atoms with van der Waals surface area (Å²) in [7, 11) is 0. The molecule has 1 aromatic carbocycles. The Hall–Kier alpha value is -0.663. The summed E-state index contributed by atoms with van der Waals surface area (Å²) in [6, 6.07) is 10.8. The third-order valence-corrected chi connectivity index (χ3v) is 2.34. The summed E-state index contributed by atoms with van der Waals surface area (Å²) in [5, 5.41) is 1.16. The number of fused-ring (bicyclic) bond motifs is 1. The summed E-state index contributed by atoms with van der Waals surface area (Å²) in [5.74, 6) is 0. The second-order valence-electron chi connectivity index (χ2n) is 2.59. The fraction of sp³-hybridized carbons (Fsp3) is 0. The molecule has 0 aliphatic heterocycles. The Balaban J connectivity index is 0.000000980. The normalized spacial score (nSPS) is 12.1. The Morgan fingerprint density at radius 1 is 1.21 bits per heavy atom. The molecule has 0 bridgehead atoms. The second kappa shape index (κ2) is 4.72. The van der Waals surface area contributed by atoms with Gasteiger partial charge in [0.05, 0.1) is 5.52 Å². The minimum atomic E-state index is -2.00. The molecule has 5 heteroatoms. The van der Waals surface area contributed by atoms with Gasteiger partial charge < -0.3 is 5.98 Å². The zero-order valence-electron chi connectivity index (χ0n) is 8.68. The van der Waals surface area contributed by atoms with Crippen LogP contribution < -0.4 is 18.9 Å². The number of hydrogen-bond donors (Lipinski definition) is 1. The molecule has 0 aliphatic rings. The number of nitrogens with zero attached hydrogens (tertiary/aromatic N) is 1. The molecular formula is C9H8LiNO2S. The molecule has 0 amide bonds. The van der Waals surface area contributed by atoms with Crippen LogP contribution in [0.25, 0.3) is 10.9 Å². The largest absolute Gasteiger partial charge is 1.00 e. The summed E-state index contributed by atoms with van der Waals surface area (Å²) >= 11 is -2.00. The van der Waals surface area contributed by atoms with Gasteiger partial charge in [0, 0.05) is 5.39 Å². The third-order valence-electron chi connectivity index (χ3n) is 1.75. The summed E-state index contributed by atoms with van der Waals surface area (Å²) < 4.78 is 19.5. The van der Waals surface area contributed by atoms with Gasteiger partial charge in [0.2, 0.25) is 11.1 Å². The van der Waals surface area contributed by atoms with Crippen LogP contribution in [0, 0.1) is 0 Å². The maximum Gasteiger partial charge on any atom is 1.00 e. The number of hydrogen-bond acceptors (Lipinski definition) is 2. The Labute approximate surface area is 97.5 Å². The minimum Gasteiger partial charge on any atom is -1.00 e. The first-order chi connectivity index (χ1) is 6.27. The van der Waals surface area contributed by atoms with Crippen molar-refractivity contribution < 1.29 is 29.0 Å². The summed E-state index contributed by atoms with van der Waals surface area (Å²) in [5.41, 5.74) is 0.738. The van der Waals surface area contributed by atoms with Crippen molar-refractivity contribution in [2.24, 2.45) is 0 Å². The molecule has 0 saturated carbocycles. The van der Waals surface area contributed by atoms with Crippen LogP contribution in [0.15, 0.2) is 41.4 Å². The first-order valence-corrected chi connectivity index (χ1v) is 4.85. The maximum absolute atomic E-state index is 10.7. The van der Waals surface area contributed by atoms with Crippen LogP contribution in [-0.2, 0) is 11.1 Å². The predicted molar refractivity (Wildman–Crippen MR) is 51.9 cm³/mol. The van der Waals surface area contributed by atoms with Crippen molar-refractivity contribution in [2.75, 3.05) is 0 Å². The third kappa shape index (κ3) is 2.22. The van der Waals surface area contributed by atoms with Gasteiger partial charge in [-0.1, -0.05) is 18.2 Å². The molecule has 68 valence electrons. The molecular weight excluding hydrogens is 193 g/mol. The van der Waals surface area contributed by atoms with Crippen LogP contribution in [-0.4, -0.2) is 13.7 Å². The average molecular weight is 201 g/mol. The van der Waals surface area contributed by atoms with Gasteiger partial charge in [0.25, 0.3) is 0 Å². The topological polar surface area (TPSA) is 50.2 Å². The number of pyridine rings is 1. The molecule has 0 aliphatic carbocycles. The van der Waals surface area contributed by atoms with Crippen LogP contribution >= 0.6 is 0 Å². The maximum atomic E-state index is 10.7. The van der Waals surface area contributed by atoms with Crippen molar-refractivity contribution in [1.29, 1.82) is 0 Å². The SMILES string of the molecule is O=S(O)c1ccc2ccccc2n1.[H-].[Li+]. The molecule has 1 N–H and O–H groups in total. The van der Waals surface area contributed by atoms with E-state index in [2.05, 4.69) is 4.98 Å². The van der Waals surface area contributed by atoms with Crippen molar-refractivity contribution in [3.8, 4) is 0 Å². The smallest absolute Gasteiger partial charge is 1.00 e. The van der Waals surface area contributed by atoms with Crippen LogP contribution in [0.5, 0.6) is 0 Å². The van der Waals surface area contributed by atoms with Gasteiger partial charge in [-0.25, -0.2) is 9.19 Å². The van der Waals surface area contributed by atoms with Gasteiger partial charge in [-0.2, -0.15) is 0 Å². The standard InChI is InChI=1S/C9H7NO2S.Li.H/c11-13(12)9-6-5-7-3-1-2-4-8(7)10-9;;/h1-6H,(H,11,12);;/q;+1;-1. The summed E-state index contributed by atoms with van der Waals surface area (Å²) in [4.78, 5) is 4.02. The molecule has 0 radical (unpaired) electrons. The molecule has 2 rings (SSSR count). The fourth-order valence-electron chi connectivity index (χ4n) is 1.14. The molecule has 14 heavy (non-hydrogen) atoms. The van der Waals surface area contributed by atoms with E-state index in [9.17, 15) is 4.21 Å². The average Bonchev–Trinajstić information content (AvgIpc) is 2.17. The fourth-order valence-corrected chi connectivity index (χ4v) is 1.51. The van der Waals surface area contributed by atoms with Gasteiger partial charge in [-0.05, 0) is 18.2 Å². The van der Waals surface area contributed by atoms with Gasteiger partial charge in [0.1, 0.15) is 0 Å². The Morgan fingerprint density at radius 3 is 2.64 bits per heavy atom. The van der Waals surface area contributed by atoms with E-state index in [-0.39, 0.29) is 25.3 Å².